The fourth-order valence-electron chi connectivity index (χ4n) is 4.99. The SMILES string of the molecule is CCOC(=O)C1=C(c2ccccc2)N=c2s/c(=C/c3cc(C)n(C)c3C)c(=O)n2[C@H]1c1ccc(C(C)C)cc1. The number of aryl methyl sites for hydroxylation is 1. The number of fused-ring (bicyclic) bond motifs is 1. The van der Waals surface area contributed by atoms with E-state index in [4.69, 9.17) is 9.73 Å². The summed E-state index contributed by atoms with van der Waals surface area (Å²) in [6.45, 7) is 10.4. The number of carbonyl (C=O) groups is 1. The summed E-state index contributed by atoms with van der Waals surface area (Å²) in [5.74, 6) is -0.111. The van der Waals surface area contributed by atoms with Gasteiger partial charge >= 0.3 is 5.97 Å². The van der Waals surface area contributed by atoms with Crippen molar-refractivity contribution in [3.05, 3.63) is 120 Å². The van der Waals surface area contributed by atoms with E-state index in [-0.39, 0.29) is 12.2 Å². The average molecular weight is 540 g/mol. The molecule has 3 heterocycles. The van der Waals surface area contributed by atoms with Gasteiger partial charge in [-0.1, -0.05) is 79.8 Å². The van der Waals surface area contributed by atoms with Crippen LogP contribution in [0.5, 0.6) is 0 Å². The van der Waals surface area contributed by atoms with Gasteiger partial charge in [0.2, 0.25) is 0 Å². The van der Waals surface area contributed by atoms with E-state index in [0.29, 0.717) is 26.5 Å². The van der Waals surface area contributed by atoms with Crippen LogP contribution in [-0.2, 0) is 16.6 Å². The van der Waals surface area contributed by atoms with Gasteiger partial charge in [-0.05, 0) is 55.5 Å². The minimum atomic E-state index is -0.669. The Kier molecular flexibility index (Phi) is 7.28. The van der Waals surface area contributed by atoms with Crippen LogP contribution >= 0.6 is 11.3 Å². The van der Waals surface area contributed by atoms with Crippen LogP contribution in [0, 0.1) is 13.8 Å². The Morgan fingerprint density at radius 3 is 2.38 bits per heavy atom. The molecule has 0 saturated heterocycles. The molecule has 2 aromatic carbocycles. The maximum absolute atomic E-state index is 14.0. The molecule has 200 valence electrons. The van der Waals surface area contributed by atoms with E-state index < -0.39 is 12.0 Å². The number of hydrogen-bond donors (Lipinski definition) is 0. The quantitative estimate of drug-likeness (QED) is 0.324. The molecule has 0 fully saturated rings. The molecule has 0 saturated carbocycles. The van der Waals surface area contributed by atoms with Gasteiger partial charge in [0.25, 0.3) is 5.56 Å². The second-order valence-electron chi connectivity index (χ2n) is 10.1. The van der Waals surface area contributed by atoms with Crippen LogP contribution in [0.1, 0.15) is 66.4 Å². The summed E-state index contributed by atoms with van der Waals surface area (Å²) in [5.41, 5.74) is 6.74. The van der Waals surface area contributed by atoms with Crippen molar-refractivity contribution in [2.24, 2.45) is 12.0 Å². The lowest BCUT2D eigenvalue weighted by molar-refractivity contribution is -0.138. The molecule has 39 heavy (non-hydrogen) atoms. The summed E-state index contributed by atoms with van der Waals surface area (Å²) in [5, 5.41) is 0. The van der Waals surface area contributed by atoms with Gasteiger partial charge in [0.1, 0.15) is 0 Å². The van der Waals surface area contributed by atoms with Crippen LogP contribution in [0.4, 0.5) is 0 Å². The Bertz CT molecular complexity index is 1750. The number of hydrogen-bond acceptors (Lipinski definition) is 5. The fourth-order valence-corrected chi connectivity index (χ4v) is 5.98. The van der Waals surface area contributed by atoms with E-state index in [9.17, 15) is 9.59 Å². The molecule has 4 aromatic rings. The Labute approximate surface area is 232 Å². The molecular weight excluding hydrogens is 506 g/mol. The zero-order valence-corrected chi connectivity index (χ0v) is 24.0. The van der Waals surface area contributed by atoms with Crippen LogP contribution in [0.2, 0.25) is 0 Å². The smallest absolute Gasteiger partial charge is 0.338 e. The third-order valence-electron chi connectivity index (χ3n) is 7.39. The molecule has 0 bridgehead atoms. The molecule has 1 aliphatic rings. The molecule has 1 atom stereocenters. The normalized spacial score (nSPS) is 15.5. The maximum atomic E-state index is 14.0. The molecule has 5 rings (SSSR count). The first kappa shape index (κ1) is 26.6. The first-order valence-electron chi connectivity index (χ1n) is 13.2. The summed E-state index contributed by atoms with van der Waals surface area (Å²) in [6, 6.07) is 19.2. The van der Waals surface area contributed by atoms with Crippen LogP contribution in [0.15, 0.2) is 76.0 Å². The van der Waals surface area contributed by atoms with Crippen molar-refractivity contribution in [3.8, 4) is 0 Å². The number of esters is 1. The molecule has 0 radical (unpaired) electrons. The zero-order chi connectivity index (χ0) is 27.8. The number of aromatic nitrogens is 2. The molecule has 0 N–H and O–H groups in total. The van der Waals surface area contributed by atoms with Gasteiger partial charge < -0.3 is 9.30 Å². The highest BCUT2D eigenvalue weighted by Gasteiger charge is 2.35. The number of nitrogens with zero attached hydrogens (tertiary/aromatic N) is 3. The van der Waals surface area contributed by atoms with Crippen LogP contribution in [0.3, 0.4) is 0 Å². The van der Waals surface area contributed by atoms with E-state index >= 15 is 0 Å². The standard InChI is InChI=1S/C32H33N3O3S/c1-7-38-31(37)27-28(23-11-9-8-10-12-23)33-32-35(29(27)24-15-13-22(14-16-24)19(2)3)30(36)26(39-32)18-25-17-20(4)34(6)21(25)5/h8-19,29H,7H2,1-6H3/b26-18+/t29-/m0/s1. The van der Waals surface area contributed by atoms with E-state index in [0.717, 1.165) is 28.1 Å². The molecule has 7 heteroatoms. The summed E-state index contributed by atoms with van der Waals surface area (Å²) in [4.78, 5) is 33.1. The van der Waals surface area contributed by atoms with Gasteiger partial charge in [-0.3, -0.25) is 9.36 Å². The van der Waals surface area contributed by atoms with Crippen molar-refractivity contribution in [2.75, 3.05) is 6.61 Å². The minimum absolute atomic E-state index is 0.175. The van der Waals surface area contributed by atoms with Crippen LogP contribution in [-0.4, -0.2) is 21.7 Å². The van der Waals surface area contributed by atoms with Crippen molar-refractivity contribution in [1.82, 2.24) is 9.13 Å². The van der Waals surface area contributed by atoms with E-state index in [1.807, 2.05) is 69.4 Å². The van der Waals surface area contributed by atoms with Gasteiger partial charge in [0.05, 0.1) is 28.5 Å². The highest BCUT2D eigenvalue weighted by molar-refractivity contribution is 7.07. The third-order valence-corrected chi connectivity index (χ3v) is 8.38. The first-order chi connectivity index (χ1) is 18.7. The topological polar surface area (TPSA) is 65.6 Å². The Balaban J connectivity index is 1.82. The summed E-state index contributed by atoms with van der Waals surface area (Å²) >= 11 is 1.35. The zero-order valence-electron chi connectivity index (χ0n) is 23.2. The number of carbonyl (C=O) groups excluding carboxylic acids is 1. The predicted molar refractivity (Wildman–Crippen MR) is 156 cm³/mol. The van der Waals surface area contributed by atoms with Gasteiger partial charge in [0.15, 0.2) is 4.80 Å². The van der Waals surface area contributed by atoms with Crippen molar-refractivity contribution >= 4 is 29.1 Å². The molecule has 0 aliphatic carbocycles. The number of thiazole rings is 1. The highest BCUT2D eigenvalue weighted by atomic mass is 32.1. The molecule has 0 amide bonds. The first-order valence-corrected chi connectivity index (χ1v) is 14.0. The van der Waals surface area contributed by atoms with Crippen LogP contribution < -0.4 is 14.9 Å². The summed E-state index contributed by atoms with van der Waals surface area (Å²) in [6.07, 6.45) is 1.93. The minimum Gasteiger partial charge on any atom is -0.463 e. The van der Waals surface area contributed by atoms with Crippen molar-refractivity contribution < 1.29 is 9.53 Å². The molecule has 6 nitrogen and oxygen atoms in total. The molecular formula is C32H33N3O3S. The molecule has 0 spiro atoms. The largest absolute Gasteiger partial charge is 0.463 e. The number of ether oxygens (including phenoxy) is 1. The second kappa shape index (κ2) is 10.7. The number of benzene rings is 2. The third kappa shape index (κ3) is 4.83. The van der Waals surface area contributed by atoms with Crippen LogP contribution in [0.25, 0.3) is 11.8 Å². The summed E-state index contributed by atoms with van der Waals surface area (Å²) in [7, 11) is 2.02. The van der Waals surface area contributed by atoms with Crippen molar-refractivity contribution in [2.45, 2.75) is 46.6 Å². The Morgan fingerprint density at radius 2 is 1.79 bits per heavy atom. The average Bonchev–Trinajstić information content (AvgIpc) is 3.37. The molecule has 1 aliphatic heterocycles. The van der Waals surface area contributed by atoms with Crippen molar-refractivity contribution in [3.63, 3.8) is 0 Å². The monoisotopic (exact) mass is 539 g/mol. The van der Waals surface area contributed by atoms with Gasteiger partial charge in [-0.25, -0.2) is 9.79 Å². The lowest BCUT2D eigenvalue weighted by atomic mass is 9.91. The molecule has 0 unspecified atom stereocenters. The van der Waals surface area contributed by atoms with Gasteiger partial charge in [-0.15, -0.1) is 0 Å². The molecule has 2 aromatic heterocycles. The lowest BCUT2D eigenvalue weighted by Crippen LogP contribution is -2.40. The van der Waals surface area contributed by atoms with E-state index in [2.05, 4.69) is 36.6 Å². The summed E-state index contributed by atoms with van der Waals surface area (Å²) < 4.78 is 9.89. The van der Waals surface area contributed by atoms with Crippen molar-refractivity contribution in [1.29, 1.82) is 0 Å². The van der Waals surface area contributed by atoms with Gasteiger partial charge in [-0.2, -0.15) is 0 Å². The number of rotatable bonds is 6. The maximum Gasteiger partial charge on any atom is 0.338 e. The van der Waals surface area contributed by atoms with E-state index in [1.54, 1.807) is 11.5 Å². The fraction of sp³-hybridized carbons (Fsp3) is 0.281. The Hall–Kier alpha value is -3.97. The second-order valence-corrected chi connectivity index (χ2v) is 11.1. The van der Waals surface area contributed by atoms with Gasteiger partial charge in [0, 0.05) is 24.0 Å². The predicted octanol–water partition coefficient (Wildman–Crippen LogP) is 5.01. The van der Waals surface area contributed by atoms with E-state index in [1.165, 1.54) is 16.9 Å². The lowest BCUT2D eigenvalue weighted by Gasteiger charge is -2.26. The highest BCUT2D eigenvalue weighted by Crippen LogP contribution is 2.35. The Morgan fingerprint density at radius 1 is 1.10 bits per heavy atom.